The second kappa shape index (κ2) is 4.33. The third-order valence-corrected chi connectivity index (χ3v) is 3.06. The van der Waals surface area contributed by atoms with Crippen molar-refractivity contribution in [2.24, 2.45) is 7.05 Å². The van der Waals surface area contributed by atoms with E-state index in [1.54, 1.807) is 12.1 Å². The summed E-state index contributed by atoms with van der Waals surface area (Å²) < 4.78 is 1.88. The average molecular weight is 231 g/mol. The molecule has 0 spiro atoms. The fraction of sp³-hybridized carbons (Fsp3) is 0.200. The van der Waals surface area contributed by atoms with Gasteiger partial charge in [-0.25, -0.2) is 4.98 Å². The Morgan fingerprint density at radius 1 is 1.38 bits per heavy atom. The van der Waals surface area contributed by atoms with Gasteiger partial charge < -0.3 is 4.57 Å². The van der Waals surface area contributed by atoms with E-state index in [1.807, 2.05) is 30.7 Å². The highest BCUT2D eigenvalue weighted by Gasteiger charge is 2.07. The van der Waals surface area contributed by atoms with Gasteiger partial charge in [-0.1, -0.05) is 6.07 Å². The molecule has 0 radical (unpaired) electrons. The molecule has 2 heterocycles. The molecule has 2 aromatic rings. The minimum absolute atomic E-state index is 0.406. The Kier molecular flexibility index (Phi) is 2.88. The van der Waals surface area contributed by atoms with Crippen LogP contribution in [0.25, 0.3) is 0 Å². The Hall–Kier alpha value is -1.87. The first-order valence-electron chi connectivity index (χ1n) is 4.61. The second-order valence-electron chi connectivity index (χ2n) is 3.16. The summed E-state index contributed by atoms with van der Waals surface area (Å²) >= 11 is 1.39. The molecule has 80 valence electrons. The fourth-order valence-electron chi connectivity index (χ4n) is 1.10. The van der Waals surface area contributed by atoms with Crippen molar-refractivity contribution >= 4 is 11.8 Å². The molecule has 2 rings (SSSR count). The maximum Gasteiger partial charge on any atom is 0.197 e. The Bertz CT molecular complexity index is 555. The van der Waals surface area contributed by atoms with E-state index in [4.69, 9.17) is 5.26 Å². The highest BCUT2D eigenvalue weighted by molar-refractivity contribution is 7.99. The van der Waals surface area contributed by atoms with Crippen LogP contribution in [0.1, 0.15) is 11.5 Å². The van der Waals surface area contributed by atoms with Crippen molar-refractivity contribution in [3.63, 3.8) is 0 Å². The summed E-state index contributed by atoms with van der Waals surface area (Å²) in [6.07, 6.45) is 0. The van der Waals surface area contributed by atoms with Crippen LogP contribution < -0.4 is 0 Å². The van der Waals surface area contributed by atoms with E-state index >= 15 is 0 Å². The second-order valence-corrected chi connectivity index (χ2v) is 4.15. The number of aryl methyl sites for hydroxylation is 1. The quantitative estimate of drug-likeness (QED) is 0.784. The van der Waals surface area contributed by atoms with Crippen LogP contribution in [-0.2, 0) is 7.05 Å². The van der Waals surface area contributed by atoms with Crippen LogP contribution in [0.15, 0.2) is 28.4 Å². The van der Waals surface area contributed by atoms with Crippen LogP contribution in [0.5, 0.6) is 0 Å². The predicted octanol–water partition coefficient (Wildman–Crippen LogP) is 1.54. The van der Waals surface area contributed by atoms with Crippen molar-refractivity contribution in [1.82, 2.24) is 19.7 Å². The first kappa shape index (κ1) is 10.6. The maximum absolute atomic E-state index is 8.73. The van der Waals surface area contributed by atoms with Gasteiger partial charge in [-0.3, -0.25) is 0 Å². The highest BCUT2D eigenvalue weighted by Crippen LogP contribution is 2.23. The normalized spacial score (nSPS) is 10.1. The van der Waals surface area contributed by atoms with Gasteiger partial charge in [-0.2, -0.15) is 5.26 Å². The van der Waals surface area contributed by atoms with Gasteiger partial charge in [0, 0.05) is 7.05 Å². The molecule has 0 aliphatic rings. The summed E-state index contributed by atoms with van der Waals surface area (Å²) in [5.74, 6) is 0.846. The number of nitriles is 1. The van der Waals surface area contributed by atoms with Gasteiger partial charge in [-0.05, 0) is 30.8 Å². The molecule has 0 fully saturated rings. The molecule has 5 nitrogen and oxygen atoms in total. The van der Waals surface area contributed by atoms with Crippen LogP contribution in [-0.4, -0.2) is 19.7 Å². The van der Waals surface area contributed by atoms with Gasteiger partial charge in [0.05, 0.1) is 0 Å². The summed E-state index contributed by atoms with van der Waals surface area (Å²) in [4.78, 5) is 4.16. The minimum atomic E-state index is 0.406. The molecule has 0 atom stereocenters. The third kappa shape index (κ3) is 2.04. The monoisotopic (exact) mass is 231 g/mol. The number of rotatable bonds is 2. The van der Waals surface area contributed by atoms with Crippen molar-refractivity contribution in [2.75, 3.05) is 0 Å². The van der Waals surface area contributed by atoms with Crippen molar-refractivity contribution in [2.45, 2.75) is 17.1 Å². The molecule has 0 N–H and O–H groups in total. The predicted molar refractivity (Wildman–Crippen MR) is 58.8 cm³/mol. The molecule has 0 saturated carbocycles. The molecular formula is C10H9N5S. The lowest BCUT2D eigenvalue weighted by atomic mass is 10.4. The molecule has 0 amide bonds. The van der Waals surface area contributed by atoms with E-state index in [9.17, 15) is 0 Å². The SMILES string of the molecule is Cc1nnc(Sc2cccc(C#N)n2)n1C. The Balaban J connectivity index is 2.27. The minimum Gasteiger partial charge on any atom is -0.309 e. The highest BCUT2D eigenvalue weighted by atomic mass is 32.2. The van der Waals surface area contributed by atoms with Gasteiger partial charge in [-0.15, -0.1) is 10.2 Å². The number of nitrogens with zero attached hydrogens (tertiary/aromatic N) is 5. The topological polar surface area (TPSA) is 67.4 Å². The number of hydrogen-bond donors (Lipinski definition) is 0. The Morgan fingerprint density at radius 3 is 2.81 bits per heavy atom. The molecule has 6 heteroatoms. The zero-order valence-corrected chi connectivity index (χ0v) is 9.69. The van der Waals surface area contributed by atoms with E-state index in [-0.39, 0.29) is 0 Å². The van der Waals surface area contributed by atoms with Crippen LogP contribution >= 0.6 is 11.8 Å². The maximum atomic E-state index is 8.73. The Morgan fingerprint density at radius 2 is 2.19 bits per heavy atom. The van der Waals surface area contributed by atoms with E-state index in [0.717, 1.165) is 16.0 Å². The first-order valence-corrected chi connectivity index (χ1v) is 5.43. The summed E-state index contributed by atoms with van der Waals surface area (Å²) in [6.45, 7) is 1.89. The molecule has 16 heavy (non-hydrogen) atoms. The first-order chi connectivity index (χ1) is 7.70. The van der Waals surface area contributed by atoms with E-state index in [2.05, 4.69) is 15.2 Å². The van der Waals surface area contributed by atoms with Crippen LogP contribution in [0.4, 0.5) is 0 Å². The summed E-state index contributed by atoms with van der Waals surface area (Å²) in [5.41, 5.74) is 0.406. The lowest BCUT2D eigenvalue weighted by molar-refractivity contribution is 0.764. The summed E-state index contributed by atoms with van der Waals surface area (Å²) in [5, 5.41) is 18.2. The fourth-order valence-corrected chi connectivity index (χ4v) is 1.93. The van der Waals surface area contributed by atoms with Crippen molar-refractivity contribution in [3.8, 4) is 6.07 Å². The molecule has 0 aromatic carbocycles. The lowest BCUT2D eigenvalue weighted by Crippen LogP contribution is -1.94. The standard InChI is InChI=1S/C10H9N5S/c1-7-13-14-10(15(7)2)16-9-5-3-4-8(6-11)12-9/h3-5H,1-2H3. The number of hydrogen-bond acceptors (Lipinski definition) is 5. The van der Waals surface area contributed by atoms with E-state index in [0.29, 0.717) is 5.69 Å². The molecule has 2 aromatic heterocycles. The van der Waals surface area contributed by atoms with Crippen LogP contribution in [0, 0.1) is 18.3 Å². The molecular weight excluding hydrogens is 222 g/mol. The summed E-state index contributed by atoms with van der Waals surface area (Å²) in [7, 11) is 1.89. The zero-order valence-electron chi connectivity index (χ0n) is 8.88. The van der Waals surface area contributed by atoms with Crippen molar-refractivity contribution < 1.29 is 0 Å². The van der Waals surface area contributed by atoms with Gasteiger partial charge in [0.25, 0.3) is 0 Å². The van der Waals surface area contributed by atoms with E-state index < -0.39 is 0 Å². The number of pyridine rings is 1. The van der Waals surface area contributed by atoms with Crippen molar-refractivity contribution in [1.29, 1.82) is 5.26 Å². The largest absolute Gasteiger partial charge is 0.309 e. The average Bonchev–Trinajstić information content (AvgIpc) is 2.61. The molecule has 0 aliphatic carbocycles. The smallest absolute Gasteiger partial charge is 0.197 e. The van der Waals surface area contributed by atoms with Crippen molar-refractivity contribution in [3.05, 3.63) is 29.7 Å². The van der Waals surface area contributed by atoms with Gasteiger partial charge in [0.1, 0.15) is 22.6 Å². The van der Waals surface area contributed by atoms with Gasteiger partial charge in [0.15, 0.2) is 5.16 Å². The van der Waals surface area contributed by atoms with E-state index in [1.165, 1.54) is 11.8 Å². The molecule has 0 aliphatic heterocycles. The summed E-state index contributed by atoms with van der Waals surface area (Å²) in [6, 6.07) is 7.32. The lowest BCUT2D eigenvalue weighted by Gasteiger charge is -2.00. The van der Waals surface area contributed by atoms with Crippen LogP contribution in [0.3, 0.4) is 0 Å². The van der Waals surface area contributed by atoms with Crippen LogP contribution in [0.2, 0.25) is 0 Å². The molecule has 0 unspecified atom stereocenters. The molecule has 0 bridgehead atoms. The Labute approximate surface area is 97.1 Å². The van der Waals surface area contributed by atoms with Gasteiger partial charge >= 0.3 is 0 Å². The zero-order chi connectivity index (χ0) is 11.5. The molecule has 0 saturated heterocycles. The third-order valence-electron chi connectivity index (χ3n) is 2.09. The van der Waals surface area contributed by atoms with Gasteiger partial charge in [0.2, 0.25) is 0 Å². The number of aromatic nitrogens is 4.